The Labute approximate surface area is 94.4 Å². The summed E-state index contributed by atoms with van der Waals surface area (Å²) in [6.45, 7) is 1.76. The van der Waals surface area contributed by atoms with Gasteiger partial charge in [-0.25, -0.2) is 0 Å². The molecule has 3 N–H and O–H groups in total. The first-order valence-electron chi connectivity index (χ1n) is 5.69. The van der Waals surface area contributed by atoms with Crippen molar-refractivity contribution >= 4 is 5.76 Å². The van der Waals surface area contributed by atoms with Crippen molar-refractivity contribution in [2.75, 3.05) is 13.1 Å². The fraction of sp³-hybridized carbons (Fsp3) is 0.385. The van der Waals surface area contributed by atoms with Gasteiger partial charge in [-0.3, -0.25) is 0 Å². The van der Waals surface area contributed by atoms with Gasteiger partial charge in [0, 0.05) is 5.56 Å². The lowest BCUT2D eigenvalue weighted by atomic mass is 9.74. The lowest BCUT2D eigenvalue weighted by Crippen LogP contribution is -2.40. The highest BCUT2D eigenvalue weighted by molar-refractivity contribution is 5.73. The maximum absolute atomic E-state index is 10.2. The summed E-state index contributed by atoms with van der Waals surface area (Å²) in [5.74, 6) is 0.229. The number of fused-ring (bicyclic) bond motifs is 2. The predicted octanol–water partition coefficient (Wildman–Crippen LogP) is 2.11. The van der Waals surface area contributed by atoms with Crippen LogP contribution < -0.4 is 5.32 Å². The molecule has 1 heterocycles. The second kappa shape index (κ2) is 3.25. The van der Waals surface area contributed by atoms with Crippen LogP contribution in [-0.2, 0) is 5.41 Å². The van der Waals surface area contributed by atoms with E-state index < -0.39 is 0 Å². The van der Waals surface area contributed by atoms with Gasteiger partial charge in [0.05, 0.1) is 5.41 Å². The maximum Gasteiger partial charge on any atom is 0.161 e. The molecule has 0 radical (unpaired) electrons. The molecule has 1 aliphatic heterocycles. The lowest BCUT2D eigenvalue weighted by Gasteiger charge is -2.34. The summed E-state index contributed by atoms with van der Waals surface area (Å²) in [7, 11) is 0. The molecule has 1 aliphatic carbocycles. The molecule has 84 valence electrons. The standard InChI is InChI=1S/C13H15NO2/c15-11-9-3-1-2-4-10(9)13(12(11)16)5-7-14-8-6-13/h1-4,14-16H,5-8H2. The summed E-state index contributed by atoms with van der Waals surface area (Å²) >= 11 is 0. The molecule has 16 heavy (non-hydrogen) atoms. The monoisotopic (exact) mass is 217 g/mol. The highest BCUT2D eigenvalue weighted by Crippen LogP contribution is 2.49. The Morgan fingerprint density at radius 3 is 2.50 bits per heavy atom. The molecular formula is C13H15NO2. The summed E-state index contributed by atoms with van der Waals surface area (Å²) in [6, 6.07) is 7.74. The largest absolute Gasteiger partial charge is 0.507 e. The molecule has 0 amide bonds. The minimum absolute atomic E-state index is 0.0671. The zero-order valence-electron chi connectivity index (χ0n) is 9.03. The van der Waals surface area contributed by atoms with Gasteiger partial charge in [-0.05, 0) is 31.5 Å². The van der Waals surface area contributed by atoms with Crippen molar-refractivity contribution in [3.05, 3.63) is 41.2 Å². The van der Waals surface area contributed by atoms with Gasteiger partial charge in [0.1, 0.15) is 5.76 Å². The molecular weight excluding hydrogens is 202 g/mol. The highest BCUT2D eigenvalue weighted by atomic mass is 16.3. The van der Waals surface area contributed by atoms with Crippen LogP contribution in [0.2, 0.25) is 0 Å². The minimum atomic E-state index is -0.341. The molecule has 0 aromatic heterocycles. The Morgan fingerprint density at radius 2 is 1.75 bits per heavy atom. The van der Waals surface area contributed by atoms with E-state index in [1.165, 1.54) is 0 Å². The van der Waals surface area contributed by atoms with Crippen molar-refractivity contribution in [1.82, 2.24) is 5.32 Å². The summed E-state index contributed by atoms with van der Waals surface area (Å²) in [6.07, 6.45) is 1.69. The van der Waals surface area contributed by atoms with E-state index in [1.807, 2.05) is 24.3 Å². The third kappa shape index (κ3) is 1.06. The van der Waals surface area contributed by atoms with Gasteiger partial charge in [0.25, 0.3) is 0 Å². The van der Waals surface area contributed by atoms with E-state index in [2.05, 4.69) is 5.32 Å². The summed E-state index contributed by atoms with van der Waals surface area (Å²) in [5, 5.41) is 23.5. The normalized spacial score (nSPS) is 22.5. The molecule has 3 nitrogen and oxygen atoms in total. The van der Waals surface area contributed by atoms with E-state index in [9.17, 15) is 10.2 Å². The van der Waals surface area contributed by atoms with Crippen molar-refractivity contribution in [2.24, 2.45) is 0 Å². The van der Waals surface area contributed by atoms with Crippen LogP contribution in [0.15, 0.2) is 30.0 Å². The Hall–Kier alpha value is -1.48. The van der Waals surface area contributed by atoms with Crippen LogP contribution >= 0.6 is 0 Å². The number of hydrogen-bond donors (Lipinski definition) is 3. The Morgan fingerprint density at radius 1 is 1.06 bits per heavy atom. The molecule has 0 unspecified atom stereocenters. The van der Waals surface area contributed by atoms with Crippen molar-refractivity contribution in [1.29, 1.82) is 0 Å². The third-order valence-corrected chi connectivity index (χ3v) is 3.83. The quantitative estimate of drug-likeness (QED) is 0.624. The molecule has 0 atom stereocenters. The van der Waals surface area contributed by atoms with Gasteiger partial charge in [0.15, 0.2) is 5.76 Å². The zero-order valence-corrected chi connectivity index (χ0v) is 9.03. The Balaban J connectivity index is 2.19. The molecule has 0 saturated carbocycles. The summed E-state index contributed by atoms with van der Waals surface area (Å²) in [5.41, 5.74) is 1.53. The van der Waals surface area contributed by atoms with Crippen molar-refractivity contribution in [2.45, 2.75) is 18.3 Å². The van der Waals surface area contributed by atoms with Gasteiger partial charge in [0.2, 0.25) is 0 Å². The zero-order chi connectivity index (χ0) is 11.2. The van der Waals surface area contributed by atoms with Gasteiger partial charge in [-0.1, -0.05) is 24.3 Å². The molecule has 3 heteroatoms. The minimum Gasteiger partial charge on any atom is -0.507 e. The molecule has 0 bridgehead atoms. The number of rotatable bonds is 0. The molecule has 1 aromatic rings. The number of nitrogens with one attached hydrogen (secondary N) is 1. The number of aliphatic hydroxyl groups excluding tert-OH is 2. The van der Waals surface area contributed by atoms with E-state index in [1.54, 1.807) is 0 Å². The topological polar surface area (TPSA) is 52.5 Å². The fourth-order valence-electron chi connectivity index (χ4n) is 2.95. The first-order chi connectivity index (χ1) is 7.76. The number of allylic oxidation sites excluding steroid dienone is 1. The van der Waals surface area contributed by atoms with Gasteiger partial charge in [-0.2, -0.15) is 0 Å². The van der Waals surface area contributed by atoms with Crippen LogP contribution in [0, 0.1) is 0 Å². The van der Waals surface area contributed by atoms with E-state index in [4.69, 9.17) is 0 Å². The second-order valence-corrected chi connectivity index (χ2v) is 4.57. The van der Waals surface area contributed by atoms with Crippen LogP contribution in [0.4, 0.5) is 0 Å². The van der Waals surface area contributed by atoms with Crippen LogP contribution in [0.25, 0.3) is 5.76 Å². The Bertz CT molecular complexity index is 459. The molecule has 2 aliphatic rings. The second-order valence-electron chi connectivity index (χ2n) is 4.57. The molecule has 1 aromatic carbocycles. The predicted molar refractivity (Wildman–Crippen MR) is 62.4 cm³/mol. The van der Waals surface area contributed by atoms with Crippen LogP contribution in [0.5, 0.6) is 0 Å². The first kappa shape index (κ1) is 9.73. The van der Waals surface area contributed by atoms with E-state index in [0.717, 1.165) is 37.1 Å². The van der Waals surface area contributed by atoms with Gasteiger partial charge < -0.3 is 15.5 Å². The third-order valence-electron chi connectivity index (χ3n) is 3.83. The van der Waals surface area contributed by atoms with Gasteiger partial charge in [-0.15, -0.1) is 0 Å². The van der Waals surface area contributed by atoms with E-state index >= 15 is 0 Å². The van der Waals surface area contributed by atoms with Crippen LogP contribution in [-0.4, -0.2) is 23.3 Å². The average Bonchev–Trinajstić information content (AvgIpc) is 2.55. The molecule has 3 rings (SSSR count). The van der Waals surface area contributed by atoms with Crippen molar-refractivity contribution in [3.63, 3.8) is 0 Å². The average molecular weight is 217 g/mol. The fourth-order valence-corrected chi connectivity index (χ4v) is 2.95. The molecule has 1 spiro atoms. The highest BCUT2D eigenvalue weighted by Gasteiger charge is 2.46. The summed E-state index contributed by atoms with van der Waals surface area (Å²) < 4.78 is 0. The lowest BCUT2D eigenvalue weighted by molar-refractivity contribution is 0.242. The van der Waals surface area contributed by atoms with Crippen LogP contribution in [0.1, 0.15) is 24.0 Å². The number of aliphatic hydroxyl groups is 2. The summed E-state index contributed by atoms with van der Waals surface area (Å²) in [4.78, 5) is 0. The first-order valence-corrected chi connectivity index (χ1v) is 5.69. The van der Waals surface area contributed by atoms with Crippen LogP contribution in [0.3, 0.4) is 0 Å². The maximum atomic E-state index is 10.2. The Kier molecular flexibility index (Phi) is 1.98. The number of piperidine rings is 1. The van der Waals surface area contributed by atoms with E-state index in [0.29, 0.717) is 0 Å². The van der Waals surface area contributed by atoms with Crippen molar-refractivity contribution in [3.8, 4) is 0 Å². The molecule has 1 saturated heterocycles. The van der Waals surface area contributed by atoms with E-state index in [-0.39, 0.29) is 16.9 Å². The van der Waals surface area contributed by atoms with Crippen molar-refractivity contribution < 1.29 is 10.2 Å². The number of hydrogen-bond acceptors (Lipinski definition) is 3. The van der Waals surface area contributed by atoms with Gasteiger partial charge >= 0.3 is 0 Å². The smallest absolute Gasteiger partial charge is 0.161 e. The molecule has 1 fully saturated rings. The number of benzene rings is 1. The SMILES string of the molecule is OC1=C(O)C2(CCNCC2)c2ccccc21.